The number of nitrogens with one attached hydrogen (secondary N) is 1. The summed E-state index contributed by atoms with van der Waals surface area (Å²) in [4.78, 5) is 20.8. The fraction of sp³-hybridized carbons (Fsp3) is 0.269. The van der Waals surface area contributed by atoms with Gasteiger partial charge in [-0.05, 0) is 73.6 Å². The first-order valence-electron chi connectivity index (χ1n) is 10.7. The highest BCUT2D eigenvalue weighted by Gasteiger charge is 2.24. The van der Waals surface area contributed by atoms with Crippen LogP contribution < -0.4 is 5.32 Å². The molecule has 1 saturated carbocycles. The molecule has 0 atom stereocenters. The third-order valence-corrected chi connectivity index (χ3v) is 5.95. The van der Waals surface area contributed by atoms with Crippen LogP contribution in [-0.4, -0.2) is 15.9 Å². The Bertz CT molecular complexity index is 1070. The minimum Gasteiger partial charge on any atom is -0.324 e. The summed E-state index contributed by atoms with van der Waals surface area (Å²) >= 11 is 0. The monoisotopic (exact) mass is 415 g/mol. The van der Waals surface area contributed by atoms with Crippen LogP contribution >= 0.6 is 0 Å². The minimum atomic E-state index is -0.317. The molecule has 0 bridgehead atoms. The van der Waals surface area contributed by atoms with Crippen molar-refractivity contribution in [3.8, 4) is 0 Å². The van der Waals surface area contributed by atoms with Crippen molar-refractivity contribution in [1.29, 1.82) is 0 Å². The Kier molecular flexibility index (Phi) is 6.51. The molecule has 0 unspecified atom stereocenters. The van der Waals surface area contributed by atoms with Crippen LogP contribution in [-0.2, 0) is 11.2 Å². The fourth-order valence-electron chi connectivity index (χ4n) is 4.12. The van der Waals surface area contributed by atoms with Gasteiger partial charge in [-0.15, -0.1) is 0 Å². The molecule has 0 spiro atoms. The van der Waals surface area contributed by atoms with E-state index in [0.717, 1.165) is 42.6 Å². The highest BCUT2D eigenvalue weighted by Crippen LogP contribution is 2.34. The van der Waals surface area contributed by atoms with Crippen molar-refractivity contribution in [2.45, 2.75) is 39.0 Å². The Labute approximate surface area is 182 Å². The van der Waals surface area contributed by atoms with E-state index < -0.39 is 0 Å². The van der Waals surface area contributed by atoms with E-state index >= 15 is 0 Å². The molecule has 1 aromatic carbocycles. The van der Waals surface area contributed by atoms with Gasteiger partial charge >= 0.3 is 0 Å². The lowest BCUT2D eigenvalue weighted by Crippen LogP contribution is -2.25. The third kappa shape index (κ3) is 5.43. The number of carbonyl (C=O) groups is 1. The Hall–Kier alpha value is -3.34. The first kappa shape index (κ1) is 20.9. The summed E-state index contributed by atoms with van der Waals surface area (Å²) in [7, 11) is 0. The quantitative estimate of drug-likeness (QED) is 0.572. The average Bonchev–Trinajstić information content (AvgIpc) is 2.81. The zero-order valence-corrected chi connectivity index (χ0v) is 17.6. The van der Waals surface area contributed by atoms with E-state index in [1.165, 1.54) is 29.0 Å². The van der Waals surface area contributed by atoms with E-state index in [1.807, 2.05) is 12.1 Å². The van der Waals surface area contributed by atoms with Crippen LogP contribution in [0.5, 0.6) is 0 Å². The number of nitrogens with zero attached hydrogens (tertiary/aromatic N) is 2. The second kappa shape index (κ2) is 9.65. The van der Waals surface area contributed by atoms with Crippen molar-refractivity contribution in [2.75, 3.05) is 5.32 Å². The maximum atomic E-state index is 13.1. The van der Waals surface area contributed by atoms with E-state index in [1.54, 1.807) is 18.5 Å². The number of carbonyl (C=O) groups excluding carboxylic acids is 1. The van der Waals surface area contributed by atoms with Gasteiger partial charge in [0.05, 0.1) is 18.1 Å². The largest absolute Gasteiger partial charge is 0.324 e. The van der Waals surface area contributed by atoms with Gasteiger partial charge in [-0.3, -0.25) is 14.8 Å². The van der Waals surface area contributed by atoms with Gasteiger partial charge in [0, 0.05) is 24.2 Å². The Morgan fingerprint density at radius 2 is 1.94 bits per heavy atom. The molecule has 1 aliphatic carbocycles. The molecule has 158 valence electrons. The van der Waals surface area contributed by atoms with Crippen molar-refractivity contribution in [1.82, 2.24) is 9.97 Å². The predicted octanol–water partition coefficient (Wildman–Crippen LogP) is 5.81. The molecule has 2 aromatic heterocycles. The summed E-state index contributed by atoms with van der Waals surface area (Å²) in [5.74, 6) is -0.200. The molecule has 2 heterocycles. The fourth-order valence-corrected chi connectivity index (χ4v) is 4.12. The molecular weight excluding hydrogens is 389 g/mol. The molecule has 4 nitrogen and oxygen atoms in total. The maximum absolute atomic E-state index is 13.1. The van der Waals surface area contributed by atoms with Crippen molar-refractivity contribution in [3.63, 3.8) is 0 Å². The number of pyridine rings is 2. The SMILES string of the molecule is CC(=C1CCC(C(=O)Nc2cccnc2)CC1)c1cccc(Cc2ccc(F)cn2)c1. The summed E-state index contributed by atoms with van der Waals surface area (Å²) in [5, 5.41) is 2.97. The highest BCUT2D eigenvalue weighted by atomic mass is 19.1. The molecule has 31 heavy (non-hydrogen) atoms. The molecule has 0 radical (unpaired) electrons. The number of anilines is 1. The van der Waals surface area contributed by atoms with Crippen LogP contribution in [0.4, 0.5) is 10.1 Å². The van der Waals surface area contributed by atoms with Crippen LogP contribution in [0, 0.1) is 11.7 Å². The molecular formula is C26H26FN3O. The topological polar surface area (TPSA) is 54.9 Å². The molecule has 0 saturated heterocycles. The summed E-state index contributed by atoms with van der Waals surface area (Å²) in [5.41, 5.74) is 6.66. The Morgan fingerprint density at radius 1 is 1.10 bits per heavy atom. The lowest BCUT2D eigenvalue weighted by molar-refractivity contribution is -0.120. The number of halogens is 1. The molecule has 4 rings (SSSR count). The van der Waals surface area contributed by atoms with Crippen molar-refractivity contribution >= 4 is 17.2 Å². The normalized spacial score (nSPS) is 16.1. The molecule has 3 aromatic rings. The van der Waals surface area contributed by atoms with Crippen LogP contribution in [0.25, 0.3) is 5.57 Å². The van der Waals surface area contributed by atoms with E-state index in [0.29, 0.717) is 6.42 Å². The number of hydrogen-bond donors (Lipinski definition) is 1. The average molecular weight is 416 g/mol. The second-order valence-electron chi connectivity index (χ2n) is 8.08. The third-order valence-electron chi connectivity index (χ3n) is 5.95. The van der Waals surface area contributed by atoms with Gasteiger partial charge in [0.25, 0.3) is 0 Å². The van der Waals surface area contributed by atoms with Crippen molar-refractivity contribution < 1.29 is 9.18 Å². The van der Waals surface area contributed by atoms with Gasteiger partial charge in [0.1, 0.15) is 5.82 Å². The van der Waals surface area contributed by atoms with Crippen LogP contribution in [0.1, 0.15) is 49.4 Å². The van der Waals surface area contributed by atoms with Gasteiger partial charge in [-0.1, -0.05) is 29.8 Å². The zero-order chi connectivity index (χ0) is 21.6. The highest BCUT2D eigenvalue weighted by molar-refractivity contribution is 5.92. The lowest BCUT2D eigenvalue weighted by atomic mass is 9.82. The molecule has 1 N–H and O–H groups in total. The molecule has 0 aliphatic heterocycles. The number of benzene rings is 1. The second-order valence-corrected chi connectivity index (χ2v) is 8.08. The number of hydrogen-bond acceptors (Lipinski definition) is 3. The summed E-state index contributed by atoms with van der Waals surface area (Å²) in [6, 6.07) is 15.3. The summed E-state index contributed by atoms with van der Waals surface area (Å²) in [6.45, 7) is 2.17. The zero-order valence-electron chi connectivity index (χ0n) is 17.6. The van der Waals surface area contributed by atoms with Gasteiger partial charge in [-0.2, -0.15) is 0 Å². The van der Waals surface area contributed by atoms with E-state index in [-0.39, 0.29) is 17.6 Å². The van der Waals surface area contributed by atoms with Crippen molar-refractivity contribution in [2.24, 2.45) is 5.92 Å². The standard InChI is InChI=1S/C26H26FN3O/c1-18(22-5-2-4-19(14-22)15-24-12-11-23(27)16-29-24)20-7-9-21(10-8-20)26(31)30-25-6-3-13-28-17-25/h2-6,11-14,16-17,21H,7-10,15H2,1H3,(H,30,31). The van der Waals surface area contributed by atoms with E-state index in [2.05, 4.69) is 46.5 Å². The first-order valence-corrected chi connectivity index (χ1v) is 10.7. The molecule has 1 aliphatic rings. The van der Waals surface area contributed by atoms with Gasteiger partial charge in [0.15, 0.2) is 0 Å². The van der Waals surface area contributed by atoms with E-state index in [4.69, 9.17) is 0 Å². The predicted molar refractivity (Wildman–Crippen MR) is 121 cm³/mol. The molecule has 1 fully saturated rings. The van der Waals surface area contributed by atoms with Crippen molar-refractivity contribution in [3.05, 3.63) is 95.3 Å². The first-order chi connectivity index (χ1) is 15.1. The molecule has 1 amide bonds. The Morgan fingerprint density at radius 3 is 2.65 bits per heavy atom. The number of amides is 1. The van der Waals surface area contributed by atoms with Gasteiger partial charge in [-0.25, -0.2) is 4.39 Å². The summed E-state index contributed by atoms with van der Waals surface area (Å²) < 4.78 is 13.1. The Balaban J connectivity index is 1.40. The minimum absolute atomic E-state index is 0.0349. The smallest absolute Gasteiger partial charge is 0.227 e. The van der Waals surface area contributed by atoms with Crippen LogP contribution in [0.3, 0.4) is 0 Å². The number of aromatic nitrogens is 2. The van der Waals surface area contributed by atoms with Crippen LogP contribution in [0.2, 0.25) is 0 Å². The van der Waals surface area contributed by atoms with Crippen LogP contribution in [0.15, 0.2) is 72.7 Å². The number of rotatable bonds is 5. The maximum Gasteiger partial charge on any atom is 0.227 e. The lowest BCUT2D eigenvalue weighted by Gasteiger charge is -2.25. The molecule has 5 heteroatoms. The summed E-state index contributed by atoms with van der Waals surface area (Å²) in [6.07, 6.45) is 8.88. The number of allylic oxidation sites excluding steroid dienone is 2. The van der Waals surface area contributed by atoms with E-state index in [9.17, 15) is 9.18 Å². The van der Waals surface area contributed by atoms with Gasteiger partial charge in [0.2, 0.25) is 5.91 Å². The van der Waals surface area contributed by atoms with Gasteiger partial charge < -0.3 is 5.32 Å².